The van der Waals surface area contributed by atoms with Crippen LogP contribution in [0.3, 0.4) is 0 Å². The number of aromatic nitrogens is 1. The molecule has 0 radical (unpaired) electrons. The first-order valence-electron chi connectivity index (χ1n) is 11.3. The van der Waals surface area contributed by atoms with Gasteiger partial charge in [0.15, 0.2) is 12.0 Å². The molecule has 2 heterocycles. The Morgan fingerprint density at radius 1 is 1.24 bits per heavy atom. The van der Waals surface area contributed by atoms with Crippen molar-refractivity contribution in [2.75, 3.05) is 6.54 Å². The molecule has 33 heavy (non-hydrogen) atoms. The molecule has 1 saturated carbocycles. The molecule has 2 aliphatic rings. The third-order valence-electron chi connectivity index (χ3n) is 6.81. The van der Waals surface area contributed by atoms with E-state index in [4.69, 9.17) is 5.73 Å². The molecule has 1 aromatic heterocycles. The third kappa shape index (κ3) is 5.19. The fourth-order valence-corrected chi connectivity index (χ4v) is 6.74. The van der Waals surface area contributed by atoms with Crippen molar-refractivity contribution in [3.63, 3.8) is 0 Å². The minimum atomic E-state index is -4.24. The van der Waals surface area contributed by atoms with Crippen LogP contribution in [0.4, 0.5) is 0 Å². The Kier molecular flexibility index (Phi) is 7.42. The molecule has 182 valence electrons. The molecule has 2 fully saturated rings. The number of carbonyl (C=O) groups is 3. The highest BCUT2D eigenvalue weighted by Gasteiger charge is 2.47. The van der Waals surface area contributed by atoms with Gasteiger partial charge in [0.25, 0.3) is 0 Å². The van der Waals surface area contributed by atoms with Gasteiger partial charge in [-0.1, -0.05) is 19.3 Å². The number of sulfonamides is 1. The lowest BCUT2D eigenvalue weighted by Gasteiger charge is -2.47. The number of hydrogen-bond acceptors (Lipinski definition) is 6. The summed E-state index contributed by atoms with van der Waals surface area (Å²) in [4.78, 5) is 39.6. The summed E-state index contributed by atoms with van der Waals surface area (Å²) < 4.78 is 27.8. The minimum absolute atomic E-state index is 0.262. The molecule has 0 unspecified atom stereocenters. The van der Waals surface area contributed by atoms with Gasteiger partial charge >= 0.3 is 15.0 Å². The number of pyridine rings is 1. The zero-order valence-corrected chi connectivity index (χ0v) is 19.9. The molecule has 0 spiro atoms. The van der Waals surface area contributed by atoms with Gasteiger partial charge in [-0.05, 0) is 45.6 Å². The summed E-state index contributed by atoms with van der Waals surface area (Å²) in [5, 5.41) is 11.7. The predicted molar refractivity (Wildman–Crippen MR) is 119 cm³/mol. The van der Waals surface area contributed by atoms with E-state index < -0.39 is 63.2 Å². The predicted octanol–water partition coefficient (Wildman–Crippen LogP) is 0.858. The molecule has 11 heteroatoms. The summed E-state index contributed by atoms with van der Waals surface area (Å²) in [6, 6.07) is 2.65. The molecular formula is C22H32N4O6S. The van der Waals surface area contributed by atoms with E-state index >= 15 is 0 Å². The summed E-state index contributed by atoms with van der Waals surface area (Å²) in [6.45, 7) is 3.15. The van der Waals surface area contributed by atoms with Crippen molar-refractivity contribution in [3.8, 4) is 0 Å². The number of nitrogens with zero attached hydrogens (tertiary/aromatic N) is 3. The third-order valence-corrected chi connectivity index (χ3v) is 8.76. The van der Waals surface area contributed by atoms with Gasteiger partial charge in [-0.15, -0.1) is 0 Å². The molecule has 1 aliphatic carbocycles. The van der Waals surface area contributed by atoms with Gasteiger partial charge < -0.3 is 15.8 Å². The fourth-order valence-electron chi connectivity index (χ4n) is 5.09. The molecule has 0 bridgehead atoms. The van der Waals surface area contributed by atoms with E-state index in [0.717, 1.165) is 29.8 Å². The first kappa shape index (κ1) is 25.1. The Labute approximate surface area is 194 Å². The molecule has 1 aliphatic heterocycles. The van der Waals surface area contributed by atoms with Gasteiger partial charge in [-0.2, -0.15) is 9.04 Å². The second kappa shape index (κ2) is 9.76. The summed E-state index contributed by atoms with van der Waals surface area (Å²) >= 11 is 0. The summed E-state index contributed by atoms with van der Waals surface area (Å²) in [5.74, 6) is -1.71. The van der Waals surface area contributed by atoms with Crippen molar-refractivity contribution in [1.29, 1.82) is 0 Å². The number of amides is 2. The van der Waals surface area contributed by atoms with E-state index in [1.165, 1.54) is 23.1 Å². The van der Waals surface area contributed by atoms with E-state index in [9.17, 15) is 28.0 Å². The highest BCUT2D eigenvalue weighted by atomic mass is 32.2. The maximum Gasteiger partial charge on any atom is 0.323 e. The van der Waals surface area contributed by atoms with Crippen LogP contribution in [-0.2, 0) is 24.4 Å². The molecule has 10 nitrogen and oxygen atoms in total. The van der Waals surface area contributed by atoms with Gasteiger partial charge in [0.05, 0.1) is 12.6 Å². The van der Waals surface area contributed by atoms with Gasteiger partial charge in [0, 0.05) is 23.7 Å². The second-order valence-electron chi connectivity index (χ2n) is 9.29. The van der Waals surface area contributed by atoms with Gasteiger partial charge in [0.1, 0.15) is 6.42 Å². The van der Waals surface area contributed by atoms with Crippen LogP contribution in [0.1, 0.15) is 65.2 Å². The van der Waals surface area contributed by atoms with Crippen LogP contribution in [0.5, 0.6) is 0 Å². The zero-order chi connectivity index (χ0) is 24.4. The minimum Gasteiger partial charge on any atom is -0.618 e. The highest BCUT2D eigenvalue weighted by Crippen LogP contribution is 2.37. The SMILES string of the molecule is C[C@@H]1CC[C@H](N(C(=O)CC(N)=O)C2(C)CCCCC2)C(=O)CN1S(=O)(=O)c1cccc[n+]1[O-]. The average Bonchev–Trinajstić information content (AvgIpc) is 2.88. The lowest BCUT2D eigenvalue weighted by molar-refractivity contribution is -0.646. The van der Waals surface area contributed by atoms with Crippen LogP contribution in [-0.4, -0.2) is 59.4 Å². The Morgan fingerprint density at radius 2 is 1.91 bits per heavy atom. The van der Waals surface area contributed by atoms with E-state index in [1.54, 1.807) is 6.92 Å². The lowest BCUT2D eigenvalue weighted by atomic mass is 9.80. The van der Waals surface area contributed by atoms with E-state index in [0.29, 0.717) is 19.3 Å². The zero-order valence-electron chi connectivity index (χ0n) is 19.1. The van der Waals surface area contributed by atoms with Crippen molar-refractivity contribution in [2.24, 2.45) is 5.73 Å². The maximum atomic E-state index is 13.4. The smallest absolute Gasteiger partial charge is 0.323 e. The molecule has 2 atom stereocenters. The molecule has 2 amide bonds. The first-order chi connectivity index (χ1) is 15.5. The quantitative estimate of drug-likeness (QED) is 0.363. The molecule has 3 rings (SSSR count). The number of hydrogen-bond donors (Lipinski definition) is 1. The van der Waals surface area contributed by atoms with Crippen LogP contribution in [0, 0.1) is 5.21 Å². The van der Waals surface area contributed by atoms with Crippen LogP contribution < -0.4 is 10.5 Å². The highest BCUT2D eigenvalue weighted by molar-refractivity contribution is 7.89. The first-order valence-corrected chi connectivity index (χ1v) is 12.7. The summed E-state index contributed by atoms with van der Waals surface area (Å²) in [6.07, 6.45) is 5.37. The average molecular weight is 481 g/mol. The number of primary amides is 1. The molecule has 1 aromatic rings. The van der Waals surface area contributed by atoms with Crippen LogP contribution >= 0.6 is 0 Å². The Bertz CT molecular complexity index is 1020. The number of nitrogens with two attached hydrogens (primary N) is 1. The number of Topliss-reactive ketones (excluding diaryl/α,β-unsaturated/α-hetero) is 1. The Hall–Kier alpha value is -2.53. The van der Waals surface area contributed by atoms with Crippen LogP contribution in [0.25, 0.3) is 0 Å². The van der Waals surface area contributed by atoms with Gasteiger partial charge in [-0.3, -0.25) is 14.4 Å². The van der Waals surface area contributed by atoms with Gasteiger partial charge in [0.2, 0.25) is 11.8 Å². The van der Waals surface area contributed by atoms with Gasteiger partial charge in [-0.25, -0.2) is 8.42 Å². The summed E-state index contributed by atoms with van der Waals surface area (Å²) in [5.41, 5.74) is 4.68. The Balaban J connectivity index is 1.95. The number of carbonyl (C=O) groups excluding carboxylic acids is 3. The molecular weight excluding hydrogens is 448 g/mol. The fraction of sp³-hybridized carbons (Fsp3) is 0.636. The van der Waals surface area contributed by atoms with E-state index in [1.807, 2.05) is 6.92 Å². The molecule has 0 aromatic carbocycles. The summed E-state index contributed by atoms with van der Waals surface area (Å²) in [7, 11) is -4.24. The Morgan fingerprint density at radius 3 is 2.52 bits per heavy atom. The second-order valence-corrected chi connectivity index (χ2v) is 11.1. The maximum absolute atomic E-state index is 13.4. The van der Waals surface area contributed by atoms with Crippen molar-refractivity contribution < 1.29 is 27.5 Å². The van der Waals surface area contributed by atoms with E-state index in [-0.39, 0.29) is 11.2 Å². The van der Waals surface area contributed by atoms with E-state index in [2.05, 4.69) is 0 Å². The number of ketones is 1. The van der Waals surface area contributed by atoms with Crippen LogP contribution in [0.2, 0.25) is 0 Å². The van der Waals surface area contributed by atoms with Crippen LogP contribution in [0.15, 0.2) is 29.4 Å². The standard InChI is InChI=1S/C22H32N4O6S/c1-16-9-10-17(26(20(29)14-19(23)28)22(2)11-5-3-6-12-22)18(27)15-25(16)33(31,32)21-8-4-7-13-24(21)30/h4,7-8,13,16-17H,3,5-6,9-12,14-15H2,1-2H3,(H2,23,28)/t16-,17+/m1/s1. The van der Waals surface area contributed by atoms with Crippen molar-refractivity contribution in [1.82, 2.24) is 9.21 Å². The monoisotopic (exact) mass is 480 g/mol. The molecule has 1 saturated heterocycles. The normalized spacial score (nSPS) is 24.1. The van der Waals surface area contributed by atoms with Crippen molar-refractivity contribution in [2.45, 2.75) is 87.9 Å². The topological polar surface area (TPSA) is 145 Å². The van der Waals surface area contributed by atoms with Crippen molar-refractivity contribution >= 4 is 27.6 Å². The lowest BCUT2D eigenvalue weighted by Crippen LogP contribution is -2.59. The number of rotatable bonds is 6. The largest absolute Gasteiger partial charge is 0.618 e. The molecule has 2 N–H and O–H groups in total. The van der Waals surface area contributed by atoms with Crippen molar-refractivity contribution in [3.05, 3.63) is 29.6 Å².